The van der Waals surface area contributed by atoms with Gasteiger partial charge < -0.3 is 65.5 Å². The molecule has 0 amide bonds. The first kappa shape index (κ1) is 40.6. The monoisotopic (exact) mass is 697 g/mol. The lowest BCUT2D eigenvalue weighted by atomic mass is 9.82. The number of aliphatic carboxylic acids is 1. The molecule has 3 heterocycles. The predicted molar refractivity (Wildman–Crippen MR) is 173 cm³/mol. The van der Waals surface area contributed by atoms with Gasteiger partial charge in [0, 0.05) is 37.7 Å². The number of carbonyl (C=O) groups excluding carboxylic acids is 1. The Bertz CT molecular complexity index is 1240. The van der Waals surface area contributed by atoms with Gasteiger partial charge in [-0.25, -0.2) is 4.79 Å². The molecule has 2 bridgehead atoms. The number of aliphatic hydroxyl groups excluding tert-OH is 6. The molecule has 14 unspecified atom stereocenters. The van der Waals surface area contributed by atoms with Crippen LogP contribution in [0.4, 0.5) is 0 Å². The number of hydrogen-bond donors (Lipinski definition) is 9. The van der Waals surface area contributed by atoms with Crippen LogP contribution in [-0.2, 0) is 28.5 Å². The fourth-order valence-electron chi connectivity index (χ4n) is 5.86. The largest absolute Gasteiger partial charge is 0.481 e. The molecule has 10 N–H and O–H groups in total. The minimum atomic E-state index is -2.27. The highest BCUT2D eigenvalue weighted by Crippen LogP contribution is 2.38. The van der Waals surface area contributed by atoms with Gasteiger partial charge in [-0.05, 0) is 19.9 Å². The molecule has 0 spiro atoms. The van der Waals surface area contributed by atoms with Crippen molar-refractivity contribution in [3.63, 3.8) is 0 Å². The molecule has 0 radical (unpaired) electrons. The minimum Gasteiger partial charge on any atom is -0.481 e. The number of cyclic esters (lactones) is 1. The number of carboxylic acid groups (broad SMARTS) is 1. The summed E-state index contributed by atoms with van der Waals surface area (Å²) in [6.07, 6.45) is -0.575. The van der Waals surface area contributed by atoms with E-state index in [1.54, 1.807) is 50.3 Å². The quantitative estimate of drug-likeness (QED) is 0.166. The molecule has 3 aliphatic rings. The third kappa shape index (κ3) is 11.9. The van der Waals surface area contributed by atoms with Gasteiger partial charge in [-0.2, -0.15) is 0 Å². The number of aliphatic hydroxyl groups is 7. The van der Waals surface area contributed by atoms with Crippen molar-refractivity contribution in [2.75, 3.05) is 0 Å². The van der Waals surface area contributed by atoms with Crippen molar-refractivity contribution in [2.45, 2.75) is 126 Å². The number of esters is 1. The van der Waals surface area contributed by atoms with Crippen molar-refractivity contribution in [2.24, 2.45) is 17.6 Å². The highest BCUT2D eigenvalue weighted by molar-refractivity contribution is 5.82. The Hall–Kier alpha value is -2.80. The maximum Gasteiger partial charge on any atom is 0.330 e. The van der Waals surface area contributed by atoms with Gasteiger partial charge in [0.15, 0.2) is 12.1 Å². The molecule has 2 fully saturated rings. The van der Waals surface area contributed by atoms with E-state index in [-0.39, 0.29) is 12.3 Å². The van der Waals surface area contributed by atoms with Crippen LogP contribution in [0.2, 0.25) is 0 Å². The highest BCUT2D eigenvalue weighted by atomic mass is 16.7. The lowest BCUT2D eigenvalue weighted by Crippen LogP contribution is -2.61. The first-order valence-corrected chi connectivity index (χ1v) is 16.4. The van der Waals surface area contributed by atoms with Gasteiger partial charge in [-0.15, -0.1) is 0 Å². The molecular weight excluding hydrogens is 646 g/mol. The summed E-state index contributed by atoms with van der Waals surface area (Å²) in [4.78, 5) is 24.5. The smallest absolute Gasteiger partial charge is 0.330 e. The number of hydrogen-bond acceptors (Lipinski definition) is 14. The fraction of sp³-hybridized carbons (Fsp3) is 0.647. The molecular formula is C34H51NO14. The number of allylic oxidation sites excluding steroid dienone is 6. The Morgan fingerprint density at radius 2 is 1.49 bits per heavy atom. The minimum absolute atomic E-state index is 0.171. The van der Waals surface area contributed by atoms with E-state index in [4.69, 9.17) is 24.7 Å². The molecule has 0 saturated carbocycles. The first-order valence-electron chi connectivity index (χ1n) is 16.4. The van der Waals surface area contributed by atoms with Gasteiger partial charge >= 0.3 is 11.9 Å². The van der Waals surface area contributed by atoms with Crippen LogP contribution < -0.4 is 5.73 Å². The van der Waals surface area contributed by atoms with E-state index in [9.17, 15) is 50.4 Å². The average molecular weight is 698 g/mol. The number of carbonyl (C=O) groups is 2. The van der Waals surface area contributed by atoms with Crippen molar-refractivity contribution < 1.29 is 69.4 Å². The van der Waals surface area contributed by atoms with Crippen LogP contribution in [0.1, 0.15) is 46.5 Å². The van der Waals surface area contributed by atoms with Gasteiger partial charge in [0.25, 0.3) is 0 Å². The summed E-state index contributed by atoms with van der Waals surface area (Å²) in [6, 6.07) is -1.11. The lowest BCUT2D eigenvalue weighted by Gasteiger charge is -2.45. The van der Waals surface area contributed by atoms with Crippen LogP contribution in [0.15, 0.2) is 60.8 Å². The normalized spacial score (nSPS) is 46.7. The van der Waals surface area contributed by atoms with Crippen LogP contribution in [0.3, 0.4) is 0 Å². The van der Waals surface area contributed by atoms with Gasteiger partial charge in [0.1, 0.15) is 18.1 Å². The summed E-state index contributed by atoms with van der Waals surface area (Å²) in [6.45, 7) is 5.09. The third-order valence-corrected chi connectivity index (χ3v) is 8.90. The van der Waals surface area contributed by atoms with Crippen LogP contribution in [0.5, 0.6) is 0 Å². The molecule has 0 aromatic heterocycles. The molecule has 276 valence electrons. The molecule has 0 aromatic carbocycles. The standard InChI is InChI=1S/C34H51NO14/c1-18-10-8-6-4-5-7-9-11-22(48-33-31(42)29(35)30(41)20(3)47-33)15-26-28(32(43)44)25(39)17-34(45,49-26)16-21(36)14-24(38)23(37)12-13-27(40)46-19(18)2/h4-13,18-26,28-31,33,36-39,41-42,45H,14-17,35H2,1-3H3,(H,43,44)/b6-4+,7-5+,10-8+,11-9+,13-12+/t18?,19-,20?,21?,22?,23?,24?,25?,26?,28?,29?,30?,31?,33?,34?/m1/s1. The number of nitrogens with two attached hydrogens (primary N) is 1. The van der Waals surface area contributed by atoms with Crippen LogP contribution >= 0.6 is 0 Å². The van der Waals surface area contributed by atoms with Crippen molar-refractivity contribution >= 4 is 11.9 Å². The maximum atomic E-state index is 12.3. The first-order chi connectivity index (χ1) is 23.0. The zero-order chi connectivity index (χ0) is 36.5. The topological polar surface area (TPSA) is 259 Å². The summed E-state index contributed by atoms with van der Waals surface area (Å²) in [5, 5.41) is 84.7. The molecule has 49 heavy (non-hydrogen) atoms. The molecule has 15 atom stereocenters. The summed E-state index contributed by atoms with van der Waals surface area (Å²) in [5.74, 6) is -6.15. The van der Waals surface area contributed by atoms with Crippen molar-refractivity contribution in [1.29, 1.82) is 0 Å². The molecule has 3 rings (SSSR count). The summed E-state index contributed by atoms with van der Waals surface area (Å²) < 4.78 is 22.9. The van der Waals surface area contributed by atoms with E-state index in [2.05, 4.69) is 0 Å². The summed E-state index contributed by atoms with van der Waals surface area (Å²) in [7, 11) is 0. The van der Waals surface area contributed by atoms with Crippen LogP contribution in [0, 0.1) is 11.8 Å². The van der Waals surface area contributed by atoms with E-state index in [0.29, 0.717) is 0 Å². The summed E-state index contributed by atoms with van der Waals surface area (Å²) >= 11 is 0. The maximum absolute atomic E-state index is 12.3. The van der Waals surface area contributed by atoms with E-state index in [0.717, 1.165) is 12.2 Å². The highest BCUT2D eigenvalue weighted by Gasteiger charge is 2.51. The van der Waals surface area contributed by atoms with E-state index < -0.39 is 116 Å². The fourth-order valence-corrected chi connectivity index (χ4v) is 5.86. The van der Waals surface area contributed by atoms with E-state index >= 15 is 0 Å². The lowest BCUT2D eigenvalue weighted by molar-refractivity contribution is -0.308. The molecule has 15 heteroatoms. The van der Waals surface area contributed by atoms with E-state index in [1.807, 2.05) is 13.0 Å². The predicted octanol–water partition coefficient (Wildman–Crippen LogP) is -0.680. The van der Waals surface area contributed by atoms with Crippen LogP contribution in [-0.4, -0.2) is 132 Å². The number of fused-ring (bicyclic) bond motifs is 2. The van der Waals surface area contributed by atoms with Crippen molar-refractivity contribution in [3.8, 4) is 0 Å². The van der Waals surface area contributed by atoms with Gasteiger partial charge in [-0.3, -0.25) is 4.79 Å². The van der Waals surface area contributed by atoms with E-state index in [1.165, 1.54) is 6.08 Å². The molecule has 2 saturated heterocycles. The Balaban J connectivity index is 1.94. The Labute approximate surface area is 285 Å². The zero-order valence-corrected chi connectivity index (χ0v) is 27.8. The summed E-state index contributed by atoms with van der Waals surface area (Å²) in [5.41, 5.74) is 5.96. The SMILES string of the molecule is CC1OC(OC2/C=C/C=C/C=C/C=C/C(C)[C@@H](C)OC(=O)/C=C/C(O)C(O)CC(O)CC3(O)CC(O)C(C(=O)O)C(C2)O3)C(O)C(N)C1O. The zero-order valence-electron chi connectivity index (χ0n) is 27.8. The molecule has 3 aliphatic heterocycles. The van der Waals surface area contributed by atoms with Crippen molar-refractivity contribution in [3.05, 3.63) is 60.8 Å². The number of rotatable bonds is 3. The van der Waals surface area contributed by atoms with Gasteiger partial charge in [0.2, 0.25) is 0 Å². The van der Waals surface area contributed by atoms with Gasteiger partial charge in [-0.1, -0.05) is 55.5 Å². The Kier molecular flexibility index (Phi) is 15.3. The second-order valence-electron chi connectivity index (χ2n) is 13.0. The average Bonchev–Trinajstić information content (AvgIpc) is 3.00. The molecule has 15 nitrogen and oxygen atoms in total. The number of carboxylic acids is 1. The third-order valence-electron chi connectivity index (χ3n) is 8.90. The molecule has 0 aliphatic carbocycles. The van der Waals surface area contributed by atoms with Crippen molar-refractivity contribution in [1.82, 2.24) is 0 Å². The van der Waals surface area contributed by atoms with Crippen LogP contribution in [0.25, 0.3) is 0 Å². The van der Waals surface area contributed by atoms with Gasteiger partial charge in [0.05, 0.1) is 54.9 Å². The second kappa shape index (κ2) is 18.4. The molecule has 0 aromatic rings. The Morgan fingerprint density at radius 3 is 2.14 bits per heavy atom. The number of ether oxygens (including phenoxy) is 4. The second-order valence-corrected chi connectivity index (χ2v) is 13.0. The Morgan fingerprint density at radius 1 is 0.857 bits per heavy atom.